The van der Waals surface area contributed by atoms with Crippen LogP contribution in [0.3, 0.4) is 0 Å². The zero-order valence-electron chi connectivity index (χ0n) is 20.0. The normalized spacial score (nSPS) is 10.9. The highest BCUT2D eigenvalue weighted by molar-refractivity contribution is 9.10. The molecule has 1 amide bonds. The van der Waals surface area contributed by atoms with Crippen molar-refractivity contribution in [2.24, 2.45) is 5.10 Å². The summed E-state index contributed by atoms with van der Waals surface area (Å²) in [5.41, 5.74) is 5.59. The number of nitrogens with one attached hydrogen (secondary N) is 1. The average Bonchev–Trinajstić information content (AvgIpc) is 2.84. The number of benzene rings is 3. The van der Waals surface area contributed by atoms with Gasteiger partial charge in [-0.1, -0.05) is 48.0 Å². The van der Waals surface area contributed by atoms with E-state index < -0.39 is 5.97 Å². The molecule has 3 rings (SSSR count). The van der Waals surface area contributed by atoms with Gasteiger partial charge >= 0.3 is 5.97 Å². The summed E-state index contributed by atoms with van der Waals surface area (Å²) in [4.78, 5) is 24.6. The van der Waals surface area contributed by atoms with Crippen LogP contribution in [0.5, 0.6) is 17.2 Å². The number of aryl methyl sites for hydroxylation is 1. The Bertz CT molecular complexity index is 1240. The topological polar surface area (TPSA) is 86.2 Å². The third-order valence-corrected chi connectivity index (χ3v) is 5.58. The molecule has 0 aliphatic carbocycles. The molecule has 3 aromatic rings. The van der Waals surface area contributed by atoms with Crippen LogP contribution in [0.1, 0.15) is 46.8 Å². The fraction of sp³-hybridized carbons (Fsp3) is 0.222. The highest BCUT2D eigenvalue weighted by atomic mass is 79.9. The van der Waals surface area contributed by atoms with Crippen molar-refractivity contribution >= 4 is 34.0 Å². The molecule has 0 heterocycles. The molecule has 8 heteroatoms. The van der Waals surface area contributed by atoms with Gasteiger partial charge in [0.25, 0.3) is 5.91 Å². The summed E-state index contributed by atoms with van der Waals surface area (Å²) < 4.78 is 17.3. The molecule has 0 aromatic heterocycles. The first kappa shape index (κ1) is 26.0. The van der Waals surface area contributed by atoms with Crippen molar-refractivity contribution in [2.75, 3.05) is 13.7 Å². The van der Waals surface area contributed by atoms with Gasteiger partial charge in [-0.05, 0) is 72.0 Å². The van der Waals surface area contributed by atoms with E-state index in [0.717, 1.165) is 15.6 Å². The zero-order valence-corrected chi connectivity index (χ0v) is 21.6. The van der Waals surface area contributed by atoms with Crippen molar-refractivity contribution < 1.29 is 23.8 Å². The molecule has 1 N–H and O–H groups in total. The van der Waals surface area contributed by atoms with Gasteiger partial charge in [0.2, 0.25) is 0 Å². The van der Waals surface area contributed by atoms with Crippen LogP contribution in [0.4, 0.5) is 0 Å². The molecular formula is C27H27BrN2O5. The third-order valence-electron chi connectivity index (χ3n) is 5.09. The van der Waals surface area contributed by atoms with Gasteiger partial charge in [-0.2, -0.15) is 5.10 Å². The average molecular weight is 539 g/mol. The van der Waals surface area contributed by atoms with Gasteiger partial charge in [0, 0.05) is 4.47 Å². The Morgan fingerprint density at radius 1 is 1.03 bits per heavy atom. The zero-order chi connectivity index (χ0) is 25.4. The SMILES string of the molecule is COc1cc(/C=N\NC(=O)COc2cc(C(C)C)ccc2C)ccc1OC(=O)c1cccc(Br)c1. The molecule has 7 nitrogen and oxygen atoms in total. The lowest BCUT2D eigenvalue weighted by Crippen LogP contribution is -2.24. The summed E-state index contributed by atoms with van der Waals surface area (Å²) in [7, 11) is 1.47. The highest BCUT2D eigenvalue weighted by Crippen LogP contribution is 2.29. The van der Waals surface area contributed by atoms with E-state index in [1.807, 2.05) is 25.1 Å². The molecule has 0 saturated carbocycles. The van der Waals surface area contributed by atoms with Gasteiger partial charge < -0.3 is 14.2 Å². The van der Waals surface area contributed by atoms with E-state index in [2.05, 4.69) is 46.4 Å². The monoisotopic (exact) mass is 538 g/mol. The largest absolute Gasteiger partial charge is 0.493 e. The number of rotatable bonds is 9. The predicted octanol–water partition coefficient (Wildman–Crippen LogP) is 5.64. The van der Waals surface area contributed by atoms with E-state index in [1.54, 1.807) is 36.4 Å². The van der Waals surface area contributed by atoms with Crippen LogP contribution in [0.15, 0.2) is 70.2 Å². The minimum Gasteiger partial charge on any atom is -0.493 e. The lowest BCUT2D eigenvalue weighted by Gasteiger charge is -2.12. The van der Waals surface area contributed by atoms with Crippen LogP contribution in [0.2, 0.25) is 0 Å². The van der Waals surface area contributed by atoms with Crippen LogP contribution in [-0.4, -0.2) is 31.8 Å². The molecule has 182 valence electrons. The van der Waals surface area contributed by atoms with Gasteiger partial charge in [0.05, 0.1) is 18.9 Å². The van der Waals surface area contributed by atoms with Crippen molar-refractivity contribution in [1.82, 2.24) is 5.43 Å². The van der Waals surface area contributed by atoms with Gasteiger partial charge in [-0.25, -0.2) is 10.2 Å². The first-order valence-corrected chi connectivity index (χ1v) is 11.8. The van der Waals surface area contributed by atoms with Crippen molar-refractivity contribution in [2.45, 2.75) is 26.7 Å². The number of esters is 1. The second kappa shape index (κ2) is 12.2. The Hall–Kier alpha value is -3.65. The van der Waals surface area contributed by atoms with Gasteiger partial charge in [-0.15, -0.1) is 0 Å². The summed E-state index contributed by atoms with van der Waals surface area (Å²) in [5, 5.41) is 3.97. The summed E-state index contributed by atoms with van der Waals surface area (Å²) >= 11 is 3.34. The van der Waals surface area contributed by atoms with E-state index in [1.165, 1.54) is 13.3 Å². The number of carbonyl (C=O) groups excluding carboxylic acids is 2. The van der Waals surface area contributed by atoms with Crippen LogP contribution in [0, 0.1) is 6.92 Å². The number of amides is 1. The van der Waals surface area contributed by atoms with Gasteiger partial charge in [0.15, 0.2) is 18.1 Å². The number of methoxy groups -OCH3 is 1. The number of ether oxygens (including phenoxy) is 3. The van der Waals surface area contributed by atoms with Crippen LogP contribution < -0.4 is 19.6 Å². The molecule has 0 bridgehead atoms. The third kappa shape index (κ3) is 7.42. The van der Waals surface area contributed by atoms with Crippen LogP contribution in [0.25, 0.3) is 0 Å². The highest BCUT2D eigenvalue weighted by Gasteiger charge is 2.13. The van der Waals surface area contributed by atoms with Crippen molar-refractivity contribution in [1.29, 1.82) is 0 Å². The lowest BCUT2D eigenvalue weighted by molar-refractivity contribution is -0.123. The summed E-state index contributed by atoms with van der Waals surface area (Å²) in [5.74, 6) is 0.768. The minimum atomic E-state index is -0.507. The summed E-state index contributed by atoms with van der Waals surface area (Å²) in [6.45, 7) is 5.98. The minimum absolute atomic E-state index is 0.159. The molecular weight excluding hydrogens is 512 g/mol. The number of hydrazone groups is 1. The fourth-order valence-corrected chi connectivity index (χ4v) is 3.51. The molecule has 0 spiro atoms. The molecule has 0 radical (unpaired) electrons. The first-order chi connectivity index (χ1) is 16.8. The summed E-state index contributed by atoms with van der Waals surface area (Å²) in [6, 6.07) is 17.8. The molecule has 0 fully saturated rings. The summed E-state index contributed by atoms with van der Waals surface area (Å²) in [6.07, 6.45) is 1.46. The fourth-order valence-electron chi connectivity index (χ4n) is 3.11. The maximum absolute atomic E-state index is 12.4. The maximum Gasteiger partial charge on any atom is 0.343 e. The van der Waals surface area contributed by atoms with Gasteiger partial charge in [0.1, 0.15) is 5.75 Å². The van der Waals surface area contributed by atoms with Crippen molar-refractivity contribution in [3.63, 3.8) is 0 Å². The predicted molar refractivity (Wildman–Crippen MR) is 139 cm³/mol. The number of halogens is 1. The standard InChI is InChI=1S/C27H27BrN2O5/c1-17(2)20-10-8-18(3)24(14-20)34-16-26(31)30-29-15-19-9-11-23(25(12-19)33-4)35-27(32)21-6-5-7-22(28)13-21/h5-15,17H,16H2,1-4H3,(H,30,31)/b29-15-. The Morgan fingerprint density at radius 3 is 2.54 bits per heavy atom. The Kier molecular flexibility index (Phi) is 9.03. The molecule has 0 aliphatic rings. The maximum atomic E-state index is 12.4. The Balaban J connectivity index is 1.57. The molecule has 0 atom stereocenters. The molecule has 3 aromatic carbocycles. The Labute approximate surface area is 213 Å². The van der Waals surface area contributed by atoms with E-state index >= 15 is 0 Å². The van der Waals surface area contributed by atoms with E-state index in [-0.39, 0.29) is 18.3 Å². The van der Waals surface area contributed by atoms with Gasteiger partial charge in [-0.3, -0.25) is 4.79 Å². The van der Waals surface area contributed by atoms with Crippen molar-refractivity contribution in [3.05, 3.63) is 87.4 Å². The molecule has 0 unspecified atom stereocenters. The number of hydrogen-bond donors (Lipinski definition) is 1. The molecule has 0 aliphatic heterocycles. The molecule has 35 heavy (non-hydrogen) atoms. The van der Waals surface area contributed by atoms with Crippen LogP contribution >= 0.6 is 15.9 Å². The molecule has 0 saturated heterocycles. The lowest BCUT2D eigenvalue weighted by atomic mass is 10.0. The quantitative estimate of drug-likeness (QED) is 0.165. The van der Waals surface area contributed by atoms with E-state index in [9.17, 15) is 9.59 Å². The smallest absolute Gasteiger partial charge is 0.343 e. The second-order valence-corrected chi connectivity index (χ2v) is 8.99. The first-order valence-electron chi connectivity index (χ1n) is 11.0. The van der Waals surface area contributed by atoms with Crippen molar-refractivity contribution in [3.8, 4) is 17.2 Å². The number of hydrogen-bond acceptors (Lipinski definition) is 6. The van der Waals surface area contributed by atoms with E-state index in [4.69, 9.17) is 14.2 Å². The number of nitrogens with zero attached hydrogens (tertiary/aromatic N) is 1. The van der Waals surface area contributed by atoms with E-state index in [0.29, 0.717) is 28.5 Å². The Morgan fingerprint density at radius 2 is 1.83 bits per heavy atom. The van der Waals surface area contributed by atoms with Crippen LogP contribution in [-0.2, 0) is 4.79 Å². The number of carbonyl (C=O) groups is 2. The second-order valence-electron chi connectivity index (χ2n) is 8.07.